The number of nitrogens with zero attached hydrogens (tertiary/aromatic N) is 1. The van der Waals surface area contributed by atoms with Crippen molar-refractivity contribution in [2.24, 2.45) is 0 Å². The van der Waals surface area contributed by atoms with Crippen LogP contribution in [0.3, 0.4) is 0 Å². The summed E-state index contributed by atoms with van der Waals surface area (Å²) in [6.45, 7) is 0. The van der Waals surface area contributed by atoms with Crippen molar-refractivity contribution in [3.05, 3.63) is 49.0 Å². The first-order chi connectivity index (χ1) is 9.92. The highest BCUT2D eigenvalue weighted by atomic mass is 79.9. The normalized spacial score (nSPS) is 10.3. The minimum atomic E-state index is -0.362. The number of halogens is 4. The number of rotatable bonds is 3. The van der Waals surface area contributed by atoms with Crippen molar-refractivity contribution in [1.82, 2.24) is 4.98 Å². The number of anilines is 2. The Hall–Kier alpha value is -0.820. The van der Waals surface area contributed by atoms with E-state index in [0.29, 0.717) is 31.6 Å². The zero-order chi connectivity index (χ0) is 15.6. The Morgan fingerprint density at radius 3 is 2.33 bits per heavy atom. The number of pyridine rings is 1. The minimum absolute atomic E-state index is 0.344. The van der Waals surface area contributed by atoms with Crippen molar-refractivity contribution < 1.29 is 4.79 Å². The number of hydrogen-bond donors (Lipinski definition) is 2. The molecule has 2 rings (SSSR count). The third kappa shape index (κ3) is 3.88. The van der Waals surface area contributed by atoms with Gasteiger partial charge in [0.1, 0.15) is 5.82 Å². The summed E-state index contributed by atoms with van der Waals surface area (Å²) in [5, 5.41) is 6.25. The van der Waals surface area contributed by atoms with Crippen LogP contribution in [0.15, 0.2) is 33.3 Å². The molecule has 1 heterocycles. The van der Waals surface area contributed by atoms with Crippen LogP contribution in [0.2, 0.25) is 10.0 Å². The van der Waals surface area contributed by atoms with E-state index in [4.69, 9.17) is 23.2 Å². The second-order valence-electron chi connectivity index (χ2n) is 4.00. The molecule has 110 valence electrons. The van der Waals surface area contributed by atoms with Crippen LogP contribution in [0, 0.1) is 0 Å². The maximum atomic E-state index is 12.4. The standard InChI is InChI=1S/C13H9Br2Cl2N3O/c1-18-12-8(2-7(15)5-19-12)13(21)20-11-9(16)3-6(14)4-10(11)17/h2-5H,1H3,(H,18,19)(H,20,21). The van der Waals surface area contributed by atoms with Gasteiger partial charge in [0.2, 0.25) is 0 Å². The summed E-state index contributed by atoms with van der Waals surface area (Å²) >= 11 is 18.8. The van der Waals surface area contributed by atoms with Crippen LogP contribution in [0.4, 0.5) is 11.5 Å². The van der Waals surface area contributed by atoms with Crippen LogP contribution in [0.5, 0.6) is 0 Å². The first-order valence-electron chi connectivity index (χ1n) is 5.71. The van der Waals surface area contributed by atoms with Crippen molar-refractivity contribution in [3.63, 3.8) is 0 Å². The Labute approximate surface area is 148 Å². The van der Waals surface area contributed by atoms with E-state index in [1.807, 2.05) is 0 Å². The molecule has 21 heavy (non-hydrogen) atoms. The molecule has 0 aliphatic heterocycles. The summed E-state index contributed by atoms with van der Waals surface area (Å²) < 4.78 is 1.43. The molecule has 0 unspecified atom stereocenters. The van der Waals surface area contributed by atoms with E-state index >= 15 is 0 Å². The highest BCUT2D eigenvalue weighted by Crippen LogP contribution is 2.34. The Morgan fingerprint density at radius 2 is 1.76 bits per heavy atom. The van der Waals surface area contributed by atoms with Gasteiger partial charge in [-0.3, -0.25) is 4.79 Å². The molecule has 1 aromatic heterocycles. The van der Waals surface area contributed by atoms with Crippen molar-refractivity contribution in [1.29, 1.82) is 0 Å². The average molecular weight is 454 g/mol. The molecule has 0 aliphatic carbocycles. The van der Waals surface area contributed by atoms with Gasteiger partial charge in [-0.05, 0) is 34.1 Å². The molecule has 0 atom stereocenters. The van der Waals surface area contributed by atoms with Gasteiger partial charge in [0.25, 0.3) is 5.91 Å². The second kappa shape index (κ2) is 6.96. The molecule has 2 aromatic rings. The van der Waals surface area contributed by atoms with E-state index in [1.54, 1.807) is 31.4 Å². The van der Waals surface area contributed by atoms with Gasteiger partial charge in [-0.15, -0.1) is 0 Å². The third-order valence-corrected chi connectivity index (χ3v) is 4.07. The Kier molecular flexibility index (Phi) is 5.48. The maximum absolute atomic E-state index is 12.4. The van der Waals surface area contributed by atoms with E-state index in [1.165, 1.54) is 0 Å². The molecular weight excluding hydrogens is 445 g/mol. The molecule has 1 amide bonds. The predicted molar refractivity (Wildman–Crippen MR) is 93.6 cm³/mol. The summed E-state index contributed by atoms with van der Waals surface area (Å²) in [4.78, 5) is 16.5. The molecule has 8 heteroatoms. The van der Waals surface area contributed by atoms with Gasteiger partial charge in [-0.1, -0.05) is 39.1 Å². The highest BCUT2D eigenvalue weighted by molar-refractivity contribution is 9.10. The van der Waals surface area contributed by atoms with Gasteiger partial charge in [-0.2, -0.15) is 0 Å². The SMILES string of the molecule is CNc1ncc(Br)cc1C(=O)Nc1c(Cl)cc(Br)cc1Cl. The number of nitrogens with one attached hydrogen (secondary N) is 2. The first-order valence-corrected chi connectivity index (χ1v) is 8.05. The molecule has 1 aromatic carbocycles. The van der Waals surface area contributed by atoms with E-state index in [-0.39, 0.29) is 5.91 Å². The number of carbonyl (C=O) groups is 1. The van der Waals surface area contributed by atoms with Crippen LogP contribution in [-0.2, 0) is 0 Å². The van der Waals surface area contributed by atoms with Crippen LogP contribution < -0.4 is 10.6 Å². The number of hydrogen-bond acceptors (Lipinski definition) is 3. The maximum Gasteiger partial charge on any atom is 0.259 e. The lowest BCUT2D eigenvalue weighted by Crippen LogP contribution is -2.15. The summed E-state index contributed by atoms with van der Waals surface area (Å²) in [7, 11) is 1.69. The monoisotopic (exact) mass is 451 g/mol. The van der Waals surface area contributed by atoms with Crippen molar-refractivity contribution >= 4 is 72.5 Å². The summed E-state index contributed by atoms with van der Waals surface area (Å²) in [5.41, 5.74) is 0.732. The quantitative estimate of drug-likeness (QED) is 0.671. The molecule has 0 saturated carbocycles. The van der Waals surface area contributed by atoms with Crippen molar-refractivity contribution in [2.75, 3.05) is 17.7 Å². The lowest BCUT2D eigenvalue weighted by atomic mass is 10.2. The van der Waals surface area contributed by atoms with E-state index in [2.05, 4.69) is 47.5 Å². The van der Waals surface area contributed by atoms with Crippen LogP contribution in [0.25, 0.3) is 0 Å². The number of amides is 1. The molecule has 4 nitrogen and oxygen atoms in total. The van der Waals surface area contributed by atoms with E-state index in [9.17, 15) is 4.79 Å². The zero-order valence-corrected chi connectivity index (χ0v) is 15.4. The Bertz CT molecular complexity index is 687. The largest absolute Gasteiger partial charge is 0.372 e. The number of benzene rings is 1. The van der Waals surface area contributed by atoms with Gasteiger partial charge in [-0.25, -0.2) is 4.98 Å². The number of aromatic nitrogens is 1. The molecule has 0 saturated heterocycles. The van der Waals surface area contributed by atoms with Crippen molar-refractivity contribution in [3.8, 4) is 0 Å². The fourth-order valence-corrected chi connectivity index (χ4v) is 3.29. The Balaban J connectivity index is 2.37. The molecule has 0 aliphatic rings. The molecule has 2 N–H and O–H groups in total. The fourth-order valence-electron chi connectivity index (χ4n) is 1.65. The van der Waals surface area contributed by atoms with Gasteiger partial charge >= 0.3 is 0 Å². The van der Waals surface area contributed by atoms with Crippen LogP contribution in [-0.4, -0.2) is 17.9 Å². The predicted octanol–water partition coefficient (Wildman–Crippen LogP) is 5.21. The summed E-state index contributed by atoms with van der Waals surface area (Å²) in [5.74, 6) is 0.0966. The summed E-state index contributed by atoms with van der Waals surface area (Å²) in [6.07, 6.45) is 1.60. The smallest absolute Gasteiger partial charge is 0.259 e. The zero-order valence-electron chi connectivity index (χ0n) is 10.7. The molecule has 0 fully saturated rings. The molecule has 0 spiro atoms. The van der Waals surface area contributed by atoms with Gasteiger partial charge in [0, 0.05) is 22.2 Å². The fraction of sp³-hybridized carbons (Fsp3) is 0.0769. The van der Waals surface area contributed by atoms with Crippen LogP contribution in [0.1, 0.15) is 10.4 Å². The van der Waals surface area contributed by atoms with Crippen LogP contribution >= 0.6 is 55.1 Å². The first kappa shape index (κ1) is 16.5. The topological polar surface area (TPSA) is 54.0 Å². The lowest BCUT2D eigenvalue weighted by molar-refractivity contribution is 0.102. The number of carbonyl (C=O) groups excluding carboxylic acids is 1. The van der Waals surface area contributed by atoms with Gasteiger partial charge in [0.05, 0.1) is 21.3 Å². The summed E-state index contributed by atoms with van der Waals surface area (Å²) in [6, 6.07) is 4.97. The minimum Gasteiger partial charge on any atom is -0.372 e. The third-order valence-electron chi connectivity index (χ3n) is 2.58. The average Bonchev–Trinajstić information content (AvgIpc) is 2.42. The highest BCUT2D eigenvalue weighted by Gasteiger charge is 2.16. The second-order valence-corrected chi connectivity index (χ2v) is 6.64. The van der Waals surface area contributed by atoms with Gasteiger partial charge in [0.15, 0.2) is 0 Å². The van der Waals surface area contributed by atoms with Crippen molar-refractivity contribution in [2.45, 2.75) is 0 Å². The van der Waals surface area contributed by atoms with Gasteiger partial charge < -0.3 is 10.6 Å². The van der Waals surface area contributed by atoms with E-state index < -0.39 is 0 Å². The lowest BCUT2D eigenvalue weighted by Gasteiger charge is -2.12. The molecular formula is C13H9Br2Cl2N3O. The Morgan fingerprint density at radius 1 is 1.14 bits per heavy atom. The molecule has 0 bridgehead atoms. The van der Waals surface area contributed by atoms with E-state index in [0.717, 1.165) is 4.47 Å². The molecule has 0 radical (unpaired) electrons.